The first-order valence-electron chi connectivity index (χ1n) is 16.3. The van der Waals surface area contributed by atoms with Gasteiger partial charge in [0.25, 0.3) is 5.91 Å². The van der Waals surface area contributed by atoms with Crippen molar-refractivity contribution in [1.29, 1.82) is 0 Å². The van der Waals surface area contributed by atoms with Gasteiger partial charge in [0.1, 0.15) is 0 Å². The molecule has 8 rings (SSSR count). The van der Waals surface area contributed by atoms with E-state index in [1.54, 1.807) is 0 Å². The molecule has 2 bridgehead atoms. The van der Waals surface area contributed by atoms with Crippen molar-refractivity contribution in [3.63, 3.8) is 0 Å². The van der Waals surface area contributed by atoms with Gasteiger partial charge in [0, 0.05) is 35.6 Å². The number of nitrogens with one attached hydrogen (secondary N) is 2. The van der Waals surface area contributed by atoms with Crippen LogP contribution in [0.1, 0.15) is 76.2 Å². The maximum atomic E-state index is 13.5. The van der Waals surface area contributed by atoms with Gasteiger partial charge in [-0.3, -0.25) is 9.63 Å². The van der Waals surface area contributed by atoms with Crippen LogP contribution < -0.4 is 5.32 Å². The van der Waals surface area contributed by atoms with E-state index in [-0.39, 0.29) is 48.2 Å². The number of fused-ring (bicyclic) bond motifs is 1. The Kier molecular flexibility index (Phi) is 7.48. The number of carbonyl (C=O) groups is 1. The number of amides is 1. The number of carbonyl (C=O) groups excluding carboxylic acids is 1. The molecule has 1 aromatic heterocycles. The molecule has 228 valence electrons. The fourth-order valence-electron chi connectivity index (χ4n) is 8.70. The summed E-state index contributed by atoms with van der Waals surface area (Å²) >= 11 is 0. The normalized spacial score (nSPS) is 32.1. The number of aromatic amines is 1. The van der Waals surface area contributed by atoms with Crippen LogP contribution in [0.15, 0.2) is 60.8 Å². The van der Waals surface area contributed by atoms with Crippen LogP contribution in [-0.2, 0) is 20.6 Å². The zero-order valence-electron chi connectivity index (χ0n) is 26.2. The summed E-state index contributed by atoms with van der Waals surface area (Å²) in [5.41, 5.74) is 2.91. The maximum Gasteiger partial charge on any atom is 0.478 e. The molecule has 3 aliphatic carbocycles. The lowest BCUT2D eigenvalue weighted by Crippen LogP contribution is -2.65. The Morgan fingerprint density at radius 2 is 1.88 bits per heavy atom. The number of H-pyrrole nitrogens is 1. The molecule has 0 radical (unpaired) electrons. The van der Waals surface area contributed by atoms with E-state index in [9.17, 15) is 4.79 Å². The second kappa shape index (κ2) is 11.1. The Morgan fingerprint density at radius 3 is 2.65 bits per heavy atom. The quantitative estimate of drug-likeness (QED) is 0.294. The molecule has 5 fully saturated rings. The summed E-state index contributed by atoms with van der Waals surface area (Å²) in [6, 6.07) is 18.3. The highest BCUT2D eigenvalue weighted by molar-refractivity contribution is 6.47. The third-order valence-corrected chi connectivity index (χ3v) is 11.1. The lowest BCUT2D eigenvalue weighted by atomic mass is 9.43. The van der Waals surface area contributed by atoms with Crippen molar-refractivity contribution in [1.82, 2.24) is 15.4 Å². The van der Waals surface area contributed by atoms with Gasteiger partial charge in [-0.05, 0) is 79.5 Å². The highest BCUT2D eigenvalue weighted by Crippen LogP contribution is 2.66. The molecule has 5 aliphatic rings. The van der Waals surface area contributed by atoms with Crippen LogP contribution in [0.4, 0.5) is 0 Å². The van der Waals surface area contributed by atoms with Crippen molar-refractivity contribution in [3.05, 3.63) is 71.9 Å². The average molecular weight is 584 g/mol. The van der Waals surface area contributed by atoms with Crippen LogP contribution in [0.5, 0.6) is 0 Å². The largest absolute Gasteiger partial charge is 0.478 e. The van der Waals surface area contributed by atoms with Crippen LogP contribution in [-0.4, -0.2) is 59.4 Å². The summed E-state index contributed by atoms with van der Waals surface area (Å²) in [5.74, 6) is 1.50. The minimum Gasteiger partial charge on any atom is -0.404 e. The molecule has 2 unspecified atom stereocenters. The highest BCUT2D eigenvalue weighted by atomic mass is 16.7. The molecular formula is C35H46BN3O4. The molecule has 2 N–H and O–H groups in total. The van der Waals surface area contributed by atoms with E-state index in [0.29, 0.717) is 29.9 Å². The first kappa shape index (κ1) is 29.1. The zero-order chi connectivity index (χ0) is 29.9. The topological polar surface area (TPSA) is 75.8 Å². The number of rotatable bonds is 9. The monoisotopic (exact) mass is 583 g/mol. The van der Waals surface area contributed by atoms with Crippen molar-refractivity contribution < 1.29 is 18.9 Å². The Hall–Kier alpha value is -2.65. The number of benzene rings is 2. The molecule has 7 atom stereocenters. The lowest BCUT2D eigenvalue weighted by Gasteiger charge is -2.64. The van der Waals surface area contributed by atoms with Gasteiger partial charge >= 0.3 is 7.12 Å². The Balaban J connectivity index is 1.13. The van der Waals surface area contributed by atoms with E-state index >= 15 is 0 Å². The number of hydroxylamine groups is 2. The minimum absolute atomic E-state index is 0.000381. The van der Waals surface area contributed by atoms with Gasteiger partial charge in [0.2, 0.25) is 0 Å². The first-order chi connectivity index (χ1) is 20.6. The molecule has 8 heteroatoms. The predicted molar refractivity (Wildman–Crippen MR) is 169 cm³/mol. The third-order valence-electron chi connectivity index (χ3n) is 11.1. The fraction of sp³-hybridized carbons (Fsp3) is 0.571. The Bertz CT molecular complexity index is 1460. The van der Waals surface area contributed by atoms with E-state index in [2.05, 4.69) is 74.2 Å². The second-order valence-corrected chi connectivity index (χ2v) is 14.7. The Morgan fingerprint density at radius 1 is 1.07 bits per heavy atom. The smallest absolute Gasteiger partial charge is 0.404 e. The van der Waals surface area contributed by atoms with E-state index < -0.39 is 0 Å². The first-order valence-corrected chi connectivity index (χ1v) is 16.3. The van der Waals surface area contributed by atoms with E-state index in [1.807, 2.05) is 36.5 Å². The highest BCUT2D eigenvalue weighted by Gasteiger charge is 2.69. The van der Waals surface area contributed by atoms with E-state index in [1.165, 1.54) is 12.0 Å². The van der Waals surface area contributed by atoms with Crippen LogP contribution in [0, 0.1) is 23.2 Å². The van der Waals surface area contributed by atoms with Gasteiger partial charge in [-0.2, -0.15) is 5.06 Å². The van der Waals surface area contributed by atoms with Crippen LogP contribution >= 0.6 is 0 Å². The van der Waals surface area contributed by atoms with Gasteiger partial charge in [0.15, 0.2) is 0 Å². The van der Waals surface area contributed by atoms with Gasteiger partial charge < -0.3 is 19.6 Å². The summed E-state index contributed by atoms with van der Waals surface area (Å²) in [4.78, 5) is 23.5. The summed E-state index contributed by atoms with van der Waals surface area (Å²) in [6.07, 6.45) is 6.83. The lowest BCUT2D eigenvalue weighted by molar-refractivity contribution is -0.200. The summed E-state index contributed by atoms with van der Waals surface area (Å²) in [7, 11) is -0.366. The predicted octanol–water partition coefficient (Wildman–Crippen LogP) is 6.20. The number of hydrogen-bond donors (Lipinski definition) is 2. The van der Waals surface area contributed by atoms with E-state index in [4.69, 9.17) is 14.1 Å². The molecule has 43 heavy (non-hydrogen) atoms. The fourth-order valence-corrected chi connectivity index (χ4v) is 8.70. The standard InChI is InChI=1S/C35H46BN3O4/c1-22(2)16-32(36-41-31-19-24-18-30(34(24,3)4)35(31,5)43-36)39-25(20-26(42-39)17-23-10-7-6-8-11-23)21-38-33(40)28-12-9-13-29-27(28)14-15-37-29/h6-15,22,24-26,30-32,37H,16-21H2,1-5H3,(H,38,40)/t24-,25?,26?,30-,31+,32-,35-/m0/s1. The third kappa shape index (κ3) is 5.14. The molecular weight excluding hydrogens is 537 g/mol. The van der Waals surface area contributed by atoms with Crippen LogP contribution in [0.25, 0.3) is 10.9 Å². The molecule has 7 nitrogen and oxygen atoms in total. The van der Waals surface area contributed by atoms with Gasteiger partial charge in [0.05, 0.1) is 29.8 Å². The molecule has 0 spiro atoms. The van der Waals surface area contributed by atoms with Crippen molar-refractivity contribution in [3.8, 4) is 0 Å². The summed E-state index contributed by atoms with van der Waals surface area (Å²) in [6.45, 7) is 12.1. The molecule has 2 aromatic carbocycles. The van der Waals surface area contributed by atoms with Gasteiger partial charge in [-0.25, -0.2) is 0 Å². The van der Waals surface area contributed by atoms with Crippen LogP contribution in [0.3, 0.4) is 0 Å². The maximum absolute atomic E-state index is 13.5. The average Bonchev–Trinajstić information content (AvgIpc) is 3.71. The summed E-state index contributed by atoms with van der Waals surface area (Å²) < 4.78 is 13.9. The molecule has 3 saturated carbocycles. The van der Waals surface area contributed by atoms with Gasteiger partial charge in [-0.15, -0.1) is 0 Å². The number of nitrogens with zero attached hydrogens (tertiary/aromatic N) is 1. The van der Waals surface area contributed by atoms with Gasteiger partial charge in [-0.1, -0.05) is 64.1 Å². The molecule has 3 heterocycles. The molecule has 2 saturated heterocycles. The van der Waals surface area contributed by atoms with Crippen LogP contribution in [0.2, 0.25) is 0 Å². The number of hydrogen-bond acceptors (Lipinski definition) is 5. The van der Waals surface area contributed by atoms with Crippen molar-refractivity contribution >= 4 is 23.9 Å². The molecule has 3 aromatic rings. The second-order valence-electron chi connectivity index (χ2n) is 14.7. The minimum atomic E-state index is -0.366. The summed E-state index contributed by atoms with van der Waals surface area (Å²) in [5, 5.41) is 6.35. The molecule has 1 amide bonds. The molecule has 2 aliphatic heterocycles. The van der Waals surface area contributed by atoms with Crippen molar-refractivity contribution in [2.45, 2.75) is 96.5 Å². The number of aromatic nitrogens is 1. The van der Waals surface area contributed by atoms with E-state index in [0.717, 1.165) is 36.6 Å². The zero-order valence-corrected chi connectivity index (χ0v) is 26.2. The Labute approximate surface area is 256 Å². The van der Waals surface area contributed by atoms with Crippen molar-refractivity contribution in [2.24, 2.45) is 23.2 Å². The SMILES string of the molecule is CC(C)C[C@@H](B1O[C@@H]2C[C@@H]3C[C@@H](C3(C)C)[C@]2(C)O1)N1OC(Cc2ccccc2)CC1CNC(=O)c1cccc2[nH]ccc12. The van der Waals surface area contributed by atoms with Crippen molar-refractivity contribution in [2.75, 3.05) is 6.54 Å².